The zero-order valence-electron chi connectivity index (χ0n) is 16.8. The summed E-state index contributed by atoms with van der Waals surface area (Å²) in [5.41, 5.74) is -1.37. The lowest BCUT2D eigenvalue weighted by Crippen LogP contribution is -2.51. The number of carbonyl (C=O) groups is 2. The molecule has 1 aromatic heterocycles. The number of anilines is 1. The van der Waals surface area contributed by atoms with Crippen LogP contribution in [0.25, 0.3) is 0 Å². The third-order valence-electron chi connectivity index (χ3n) is 4.80. The molecule has 3 aromatic rings. The number of amides is 2. The van der Waals surface area contributed by atoms with Crippen LogP contribution < -0.4 is 10.6 Å². The van der Waals surface area contributed by atoms with E-state index in [1.54, 1.807) is 12.1 Å². The van der Waals surface area contributed by atoms with Crippen molar-refractivity contribution in [2.24, 2.45) is 0 Å². The molecule has 0 aliphatic rings. The Bertz CT molecular complexity index is 1070. The smallest absolute Gasteiger partial charge is 0.251 e. The Morgan fingerprint density at radius 1 is 1.19 bits per heavy atom. The molecule has 0 spiro atoms. The van der Waals surface area contributed by atoms with Gasteiger partial charge >= 0.3 is 0 Å². The molecule has 2 amide bonds. The first kappa shape index (κ1) is 22.0. The molecule has 1 heterocycles. The molecule has 0 aliphatic carbocycles. The van der Waals surface area contributed by atoms with Gasteiger partial charge in [-0.15, -0.1) is 0 Å². The zero-order chi connectivity index (χ0) is 22.6. The lowest BCUT2D eigenvalue weighted by molar-refractivity contribution is -0.114. The molecule has 0 radical (unpaired) electrons. The fourth-order valence-electron chi connectivity index (χ4n) is 3.16. The molecule has 8 nitrogen and oxygen atoms in total. The molecule has 0 bridgehead atoms. The zero-order valence-corrected chi connectivity index (χ0v) is 16.8. The number of aromatic nitrogens is 3. The SMILES string of the molecule is CC(=O)Nc1ccc(C(=O)N[C@H](C)[C@](O)(Cn2cncn2)c2ccc(F)cc2F)cc1. The number of benzene rings is 2. The Morgan fingerprint density at radius 2 is 1.90 bits per heavy atom. The molecule has 0 fully saturated rings. The second-order valence-electron chi connectivity index (χ2n) is 7.10. The highest BCUT2D eigenvalue weighted by molar-refractivity contribution is 5.95. The molecule has 0 saturated carbocycles. The van der Waals surface area contributed by atoms with E-state index in [1.165, 1.54) is 43.3 Å². The molecule has 3 rings (SSSR count). The van der Waals surface area contributed by atoms with Crippen molar-refractivity contribution in [2.75, 3.05) is 5.32 Å². The summed E-state index contributed by atoms with van der Waals surface area (Å²) in [6.07, 6.45) is 2.59. The van der Waals surface area contributed by atoms with Gasteiger partial charge in [-0.2, -0.15) is 5.10 Å². The number of aliphatic hydroxyl groups is 1. The summed E-state index contributed by atoms with van der Waals surface area (Å²) in [7, 11) is 0. The molecule has 0 aliphatic heterocycles. The summed E-state index contributed by atoms with van der Waals surface area (Å²) < 4.78 is 29.2. The number of hydrogen-bond donors (Lipinski definition) is 3. The maximum atomic E-state index is 14.6. The molecular formula is C21H21F2N5O3. The number of hydrogen-bond acceptors (Lipinski definition) is 5. The molecule has 31 heavy (non-hydrogen) atoms. The normalized spacial score (nSPS) is 13.8. The first-order valence-electron chi connectivity index (χ1n) is 9.38. The Morgan fingerprint density at radius 3 is 2.48 bits per heavy atom. The first-order chi connectivity index (χ1) is 14.7. The van der Waals surface area contributed by atoms with Crippen molar-refractivity contribution < 1.29 is 23.5 Å². The van der Waals surface area contributed by atoms with Gasteiger partial charge in [0.25, 0.3) is 5.91 Å². The Hall–Kier alpha value is -3.66. The van der Waals surface area contributed by atoms with Crippen LogP contribution in [0.1, 0.15) is 29.8 Å². The van der Waals surface area contributed by atoms with Gasteiger partial charge in [-0.05, 0) is 37.3 Å². The van der Waals surface area contributed by atoms with E-state index in [9.17, 15) is 23.5 Å². The molecule has 0 unspecified atom stereocenters. The minimum Gasteiger partial charge on any atom is -0.381 e. The van der Waals surface area contributed by atoms with Crippen LogP contribution in [0, 0.1) is 11.6 Å². The van der Waals surface area contributed by atoms with E-state index in [1.807, 2.05) is 0 Å². The van der Waals surface area contributed by atoms with Gasteiger partial charge in [0, 0.05) is 29.8 Å². The van der Waals surface area contributed by atoms with Crippen molar-refractivity contribution in [3.63, 3.8) is 0 Å². The third-order valence-corrected chi connectivity index (χ3v) is 4.80. The average Bonchev–Trinajstić information content (AvgIpc) is 3.20. The van der Waals surface area contributed by atoms with E-state index in [4.69, 9.17) is 0 Å². The van der Waals surface area contributed by atoms with Crippen LogP contribution >= 0.6 is 0 Å². The lowest BCUT2D eigenvalue weighted by atomic mass is 9.86. The Labute approximate surface area is 176 Å². The average molecular weight is 429 g/mol. The van der Waals surface area contributed by atoms with Crippen LogP contribution in [0.15, 0.2) is 55.1 Å². The van der Waals surface area contributed by atoms with Gasteiger partial charge in [-0.3, -0.25) is 9.59 Å². The van der Waals surface area contributed by atoms with Crippen LogP contribution in [0.2, 0.25) is 0 Å². The maximum absolute atomic E-state index is 14.6. The molecule has 2 atom stereocenters. The maximum Gasteiger partial charge on any atom is 0.251 e. The van der Waals surface area contributed by atoms with E-state index >= 15 is 0 Å². The molecule has 162 valence electrons. The number of halogens is 2. The Kier molecular flexibility index (Phi) is 6.40. The highest BCUT2D eigenvalue weighted by Gasteiger charge is 2.40. The second kappa shape index (κ2) is 9.00. The van der Waals surface area contributed by atoms with Crippen LogP contribution in [0.4, 0.5) is 14.5 Å². The minimum atomic E-state index is -1.96. The number of rotatable bonds is 7. The van der Waals surface area contributed by atoms with Crippen LogP contribution in [-0.2, 0) is 16.9 Å². The standard InChI is InChI=1S/C21H21F2N5O3/c1-13(26-20(30)15-3-6-17(7-4-15)27-14(2)29)21(31,10-28-12-24-11-25-28)18-8-5-16(22)9-19(18)23/h3-9,11-13,31H,10H2,1-2H3,(H,26,30)(H,27,29)/t13-,21-/m1/s1. The lowest BCUT2D eigenvalue weighted by Gasteiger charge is -2.35. The van der Waals surface area contributed by atoms with Crippen molar-refractivity contribution in [1.82, 2.24) is 20.1 Å². The summed E-state index contributed by atoms with van der Waals surface area (Å²) in [6.45, 7) is 2.63. The van der Waals surface area contributed by atoms with Crippen LogP contribution in [-0.4, -0.2) is 37.7 Å². The summed E-state index contributed by atoms with van der Waals surface area (Å²) in [6, 6.07) is 7.94. The highest BCUT2D eigenvalue weighted by atomic mass is 19.1. The van der Waals surface area contributed by atoms with Crippen LogP contribution in [0.3, 0.4) is 0 Å². The van der Waals surface area contributed by atoms with E-state index in [-0.39, 0.29) is 23.6 Å². The molecule has 0 saturated heterocycles. The molecule has 3 N–H and O–H groups in total. The molecular weight excluding hydrogens is 408 g/mol. The van der Waals surface area contributed by atoms with E-state index in [0.29, 0.717) is 11.8 Å². The number of nitrogens with zero attached hydrogens (tertiary/aromatic N) is 3. The van der Waals surface area contributed by atoms with Crippen molar-refractivity contribution in [3.05, 3.63) is 77.9 Å². The topological polar surface area (TPSA) is 109 Å². The quantitative estimate of drug-likeness (QED) is 0.534. The molecule has 10 heteroatoms. The number of carbonyl (C=O) groups excluding carboxylic acids is 2. The summed E-state index contributed by atoms with van der Waals surface area (Å²) in [4.78, 5) is 27.6. The monoisotopic (exact) mass is 429 g/mol. The largest absolute Gasteiger partial charge is 0.381 e. The Balaban J connectivity index is 1.86. The fraction of sp³-hybridized carbons (Fsp3) is 0.238. The fourth-order valence-corrected chi connectivity index (χ4v) is 3.16. The second-order valence-corrected chi connectivity index (χ2v) is 7.10. The van der Waals surface area contributed by atoms with Gasteiger partial charge in [0.2, 0.25) is 5.91 Å². The predicted molar refractivity (Wildman–Crippen MR) is 108 cm³/mol. The first-order valence-corrected chi connectivity index (χ1v) is 9.38. The predicted octanol–water partition coefficient (Wildman–Crippen LogP) is 2.22. The van der Waals surface area contributed by atoms with Gasteiger partial charge in [0.05, 0.1) is 12.6 Å². The van der Waals surface area contributed by atoms with E-state index in [0.717, 1.165) is 12.1 Å². The van der Waals surface area contributed by atoms with Gasteiger partial charge in [-0.1, -0.05) is 6.07 Å². The summed E-state index contributed by atoms with van der Waals surface area (Å²) in [5.74, 6) is -2.52. The molecule has 2 aromatic carbocycles. The third kappa shape index (κ3) is 5.10. The van der Waals surface area contributed by atoms with Gasteiger partial charge < -0.3 is 15.7 Å². The van der Waals surface area contributed by atoms with Gasteiger partial charge in [-0.25, -0.2) is 18.4 Å². The highest BCUT2D eigenvalue weighted by Crippen LogP contribution is 2.30. The number of nitrogens with one attached hydrogen (secondary N) is 2. The summed E-state index contributed by atoms with van der Waals surface area (Å²) in [5, 5.41) is 20.6. The van der Waals surface area contributed by atoms with Crippen molar-refractivity contribution in [2.45, 2.75) is 32.0 Å². The van der Waals surface area contributed by atoms with Gasteiger partial charge in [0.1, 0.15) is 29.9 Å². The van der Waals surface area contributed by atoms with E-state index in [2.05, 4.69) is 20.7 Å². The van der Waals surface area contributed by atoms with Crippen molar-refractivity contribution >= 4 is 17.5 Å². The summed E-state index contributed by atoms with van der Waals surface area (Å²) >= 11 is 0. The minimum absolute atomic E-state index is 0.196. The van der Waals surface area contributed by atoms with Crippen LogP contribution in [0.5, 0.6) is 0 Å². The van der Waals surface area contributed by atoms with E-state index < -0.39 is 29.2 Å². The van der Waals surface area contributed by atoms with Crippen molar-refractivity contribution in [3.8, 4) is 0 Å². The van der Waals surface area contributed by atoms with Gasteiger partial charge in [0.15, 0.2) is 0 Å². The van der Waals surface area contributed by atoms with Crippen molar-refractivity contribution in [1.29, 1.82) is 0 Å².